The fourth-order valence-electron chi connectivity index (χ4n) is 1.57. The third kappa shape index (κ3) is 4.55. The van der Waals surface area contributed by atoms with Gasteiger partial charge in [0, 0.05) is 18.2 Å². The molecule has 0 unspecified atom stereocenters. The monoisotopic (exact) mass is 234 g/mol. The molecule has 0 saturated carbocycles. The number of anilines is 1. The number of hydrogen-bond donors (Lipinski definition) is 1. The molecular weight excluding hydrogens is 212 g/mol. The summed E-state index contributed by atoms with van der Waals surface area (Å²) in [7, 11) is 0. The van der Waals surface area contributed by atoms with Crippen molar-refractivity contribution >= 4 is 11.6 Å². The van der Waals surface area contributed by atoms with Crippen LogP contribution in [0.3, 0.4) is 0 Å². The van der Waals surface area contributed by atoms with Crippen LogP contribution in [-0.4, -0.2) is 16.3 Å². The average Bonchev–Trinajstić information content (AvgIpc) is 2.14. The fourth-order valence-corrected chi connectivity index (χ4v) is 1.57. The fraction of sp³-hybridized carbons (Fsp3) is 0.571. The van der Waals surface area contributed by atoms with Gasteiger partial charge in [-0.2, -0.15) is 0 Å². The molecule has 0 aliphatic rings. The quantitative estimate of drug-likeness (QED) is 0.810. The van der Waals surface area contributed by atoms with Gasteiger partial charge in [-0.15, -0.1) is 0 Å². The second-order valence-corrected chi connectivity index (χ2v) is 5.80. The zero-order valence-corrected chi connectivity index (χ0v) is 11.4. The molecule has 0 spiro atoms. The van der Waals surface area contributed by atoms with Gasteiger partial charge in [0.2, 0.25) is 0 Å². The molecule has 0 bridgehead atoms. The van der Waals surface area contributed by atoms with Gasteiger partial charge in [0.25, 0.3) is 0 Å². The molecule has 0 fully saturated rings. The lowest BCUT2D eigenvalue weighted by Crippen LogP contribution is -2.28. The Kier molecular flexibility index (Phi) is 4.27. The van der Waals surface area contributed by atoms with E-state index in [1.807, 2.05) is 19.9 Å². The number of pyridine rings is 1. The first-order valence-corrected chi connectivity index (χ1v) is 6.06. The topological polar surface area (TPSA) is 42.0 Å². The van der Waals surface area contributed by atoms with Crippen molar-refractivity contribution in [2.45, 2.75) is 46.6 Å². The highest BCUT2D eigenvalue weighted by atomic mass is 16.1. The lowest BCUT2D eigenvalue weighted by Gasteiger charge is -2.22. The van der Waals surface area contributed by atoms with Crippen LogP contribution < -0.4 is 5.32 Å². The maximum absolute atomic E-state index is 12.1. The van der Waals surface area contributed by atoms with Gasteiger partial charge in [0.15, 0.2) is 5.78 Å². The molecule has 0 radical (unpaired) electrons. The highest BCUT2D eigenvalue weighted by Gasteiger charge is 2.17. The van der Waals surface area contributed by atoms with E-state index in [9.17, 15) is 4.79 Å². The predicted molar refractivity (Wildman–Crippen MR) is 71.4 cm³/mol. The molecule has 1 aromatic heterocycles. The summed E-state index contributed by atoms with van der Waals surface area (Å²) < 4.78 is 0. The maximum atomic E-state index is 12.1. The maximum Gasteiger partial charge on any atom is 0.166 e. The Morgan fingerprint density at radius 1 is 1.41 bits per heavy atom. The highest BCUT2D eigenvalue weighted by molar-refractivity contribution is 6.00. The minimum absolute atomic E-state index is 0.0960. The molecule has 0 atom stereocenters. The Bertz CT molecular complexity index is 391. The van der Waals surface area contributed by atoms with Crippen molar-refractivity contribution in [2.75, 3.05) is 5.32 Å². The molecule has 3 heteroatoms. The Balaban J connectivity index is 2.95. The van der Waals surface area contributed by atoms with Crippen LogP contribution in [0, 0.1) is 5.92 Å². The zero-order chi connectivity index (χ0) is 13.1. The number of rotatable bonds is 4. The van der Waals surface area contributed by atoms with E-state index in [1.165, 1.54) is 0 Å². The van der Waals surface area contributed by atoms with Crippen LogP contribution in [0.15, 0.2) is 18.3 Å². The van der Waals surface area contributed by atoms with Gasteiger partial charge < -0.3 is 5.32 Å². The Morgan fingerprint density at radius 3 is 2.59 bits per heavy atom. The molecule has 17 heavy (non-hydrogen) atoms. The zero-order valence-electron chi connectivity index (χ0n) is 11.4. The average molecular weight is 234 g/mol. The van der Waals surface area contributed by atoms with Crippen molar-refractivity contribution in [1.29, 1.82) is 0 Å². The van der Waals surface area contributed by atoms with Gasteiger partial charge in [0.1, 0.15) is 5.82 Å². The smallest absolute Gasteiger partial charge is 0.166 e. The van der Waals surface area contributed by atoms with E-state index < -0.39 is 0 Å². The summed E-state index contributed by atoms with van der Waals surface area (Å²) in [5, 5.41) is 3.27. The molecule has 1 heterocycles. The molecule has 0 aromatic carbocycles. The molecular formula is C14H22N2O. The second-order valence-electron chi connectivity index (χ2n) is 5.80. The molecule has 1 rings (SSSR count). The number of ketones is 1. The van der Waals surface area contributed by atoms with E-state index in [2.05, 4.69) is 31.1 Å². The second kappa shape index (κ2) is 5.30. The van der Waals surface area contributed by atoms with Crippen LogP contribution in [-0.2, 0) is 0 Å². The van der Waals surface area contributed by atoms with Gasteiger partial charge in [-0.05, 0) is 38.8 Å². The summed E-state index contributed by atoms with van der Waals surface area (Å²) in [6, 6.07) is 3.65. The van der Waals surface area contributed by atoms with E-state index >= 15 is 0 Å². The lowest BCUT2D eigenvalue weighted by molar-refractivity contribution is 0.0968. The number of carbonyl (C=O) groups is 1. The standard InChI is InChI=1S/C14H22N2O/c1-10(2)9-12(17)11-7-6-8-15-13(11)16-14(3,4)5/h6-8,10H,9H2,1-5H3,(H,15,16). The van der Waals surface area contributed by atoms with Crippen molar-refractivity contribution in [3.63, 3.8) is 0 Å². The van der Waals surface area contributed by atoms with E-state index in [0.29, 0.717) is 23.7 Å². The lowest BCUT2D eigenvalue weighted by atomic mass is 10.0. The normalized spacial score (nSPS) is 11.6. The summed E-state index contributed by atoms with van der Waals surface area (Å²) in [5.41, 5.74) is 0.595. The summed E-state index contributed by atoms with van der Waals surface area (Å²) in [5.74, 6) is 1.20. The third-order valence-electron chi connectivity index (χ3n) is 2.20. The van der Waals surface area contributed by atoms with Gasteiger partial charge in [-0.3, -0.25) is 4.79 Å². The van der Waals surface area contributed by atoms with Crippen LogP contribution >= 0.6 is 0 Å². The minimum atomic E-state index is -0.0960. The van der Waals surface area contributed by atoms with E-state index in [4.69, 9.17) is 0 Å². The first kappa shape index (κ1) is 13.7. The number of aromatic nitrogens is 1. The molecule has 1 N–H and O–H groups in total. The van der Waals surface area contributed by atoms with Gasteiger partial charge >= 0.3 is 0 Å². The molecule has 3 nitrogen and oxygen atoms in total. The van der Waals surface area contributed by atoms with Crippen LogP contribution in [0.5, 0.6) is 0 Å². The third-order valence-corrected chi connectivity index (χ3v) is 2.20. The Hall–Kier alpha value is -1.38. The molecule has 1 aromatic rings. The first-order valence-electron chi connectivity index (χ1n) is 6.06. The van der Waals surface area contributed by atoms with Gasteiger partial charge in [-0.1, -0.05) is 13.8 Å². The number of carbonyl (C=O) groups excluding carboxylic acids is 1. The van der Waals surface area contributed by atoms with Crippen LogP contribution in [0.25, 0.3) is 0 Å². The van der Waals surface area contributed by atoms with Gasteiger partial charge in [0.05, 0.1) is 5.56 Å². The summed E-state index contributed by atoms with van der Waals surface area (Å²) in [4.78, 5) is 16.3. The van der Waals surface area contributed by atoms with Crippen LogP contribution in [0.2, 0.25) is 0 Å². The number of nitrogens with zero attached hydrogens (tertiary/aromatic N) is 1. The van der Waals surface area contributed by atoms with Crippen molar-refractivity contribution in [3.8, 4) is 0 Å². The Labute approximate surface area is 104 Å². The molecule has 0 saturated heterocycles. The van der Waals surface area contributed by atoms with Crippen molar-refractivity contribution in [1.82, 2.24) is 4.98 Å². The first-order chi connectivity index (χ1) is 7.79. The minimum Gasteiger partial charge on any atom is -0.365 e. The number of nitrogens with one attached hydrogen (secondary N) is 1. The largest absolute Gasteiger partial charge is 0.365 e. The van der Waals surface area contributed by atoms with Crippen LogP contribution in [0.4, 0.5) is 5.82 Å². The summed E-state index contributed by atoms with van der Waals surface area (Å²) in [6.07, 6.45) is 2.27. The summed E-state index contributed by atoms with van der Waals surface area (Å²) >= 11 is 0. The van der Waals surface area contributed by atoms with E-state index in [-0.39, 0.29) is 11.3 Å². The predicted octanol–water partition coefficient (Wildman–Crippen LogP) is 3.52. The Morgan fingerprint density at radius 2 is 2.06 bits per heavy atom. The molecule has 0 aliphatic heterocycles. The van der Waals surface area contributed by atoms with Crippen molar-refractivity contribution in [3.05, 3.63) is 23.9 Å². The van der Waals surface area contributed by atoms with E-state index in [1.54, 1.807) is 12.3 Å². The molecule has 0 aliphatic carbocycles. The number of Topliss-reactive ketones (excluding diaryl/α,β-unsaturated/α-hetero) is 1. The van der Waals surface area contributed by atoms with Gasteiger partial charge in [-0.25, -0.2) is 4.98 Å². The summed E-state index contributed by atoms with van der Waals surface area (Å²) in [6.45, 7) is 10.3. The highest BCUT2D eigenvalue weighted by Crippen LogP contribution is 2.19. The van der Waals surface area contributed by atoms with Crippen LogP contribution in [0.1, 0.15) is 51.4 Å². The van der Waals surface area contributed by atoms with E-state index in [0.717, 1.165) is 0 Å². The number of hydrogen-bond acceptors (Lipinski definition) is 3. The molecule has 94 valence electrons. The molecule has 0 amide bonds. The SMILES string of the molecule is CC(C)CC(=O)c1cccnc1NC(C)(C)C. The van der Waals surface area contributed by atoms with Crippen molar-refractivity contribution < 1.29 is 4.79 Å². The van der Waals surface area contributed by atoms with Crippen molar-refractivity contribution in [2.24, 2.45) is 5.92 Å².